The van der Waals surface area contributed by atoms with Gasteiger partial charge in [0.2, 0.25) is 18.6 Å². The molecule has 0 bridgehead atoms. The minimum Gasteiger partial charge on any atom is -0.454 e. The number of fused-ring (bicyclic) bond motifs is 3. The van der Waals surface area contributed by atoms with Gasteiger partial charge in [-0.05, 0) is 23.8 Å². The molecule has 0 unspecified atom stereocenters. The molecule has 3 saturated heterocycles. The van der Waals surface area contributed by atoms with E-state index in [0.29, 0.717) is 17.9 Å². The Labute approximate surface area is 172 Å². The summed E-state index contributed by atoms with van der Waals surface area (Å²) in [4.78, 5) is 29.6. The molecule has 152 valence electrons. The number of hydrogen-bond donors (Lipinski definition) is 1. The van der Waals surface area contributed by atoms with Crippen molar-refractivity contribution in [3.05, 3.63) is 53.6 Å². The lowest BCUT2D eigenvalue weighted by Crippen LogP contribution is -2.65. The average Bonchev–Trinajstić information content (AvgIpc) is 3.04. The molecule has 2 amide bonds. The van der Waals surface area contributed by atoms with Crippen LogP contribution in [0.15, 0.2) is 42.5 Å². The number of piperidine rings is 1. The number of epoxide rings is 1. The van der Waals surface area contributed by atoms with E-state index in [4.69, 9.17) is 14.2 Å². The molecule has 0 spiro atoms. The van der Waals surface area contributed by atoms with E-state index in [-0.39, 0.29) is 25.2 Å². The summed E-state index contributed by atoms with van der Waals surface area (Å²) in [6.45, 7) is 0.236. The van der Waals surface area contributed by atoms with Crippen LogP contribution in [0.4, 0.5) is 5.69 Å². The quantitative estimate of drug-likeness (QED) is 0.726. The van der Waals surface area contributed by atoms with E-state index in [0.717, 1.165) is 16.8 Å². The molecule has 3 fully saturated rings. The van der Waals surface area contributed by atoms with Gasteiger partial charge in [-0.1, -0.05) is 24.3 Å². The van der Waals surface area contributed by atoms with Crippen LogP contribution >= 0.6 is 0 Å². The number of benzene rings is 2. The number of anilines is 1. The van der Waals surface area contributed by atoms with Crippen LogP contribution in [0.2, 0.25) is 0 Å². The maximum Gasteiger partial charge on any atom is 0.245 e. The first-order chi connectivity index (χ1) is 14.5. The van der Waals surface area contributed by atoms with E-state index in [1.54, 1.807) is 11.9 Å². The first-order valence-corrected chi connectivity index (χ1v) is 10.1. The fraction of sp³-hybridized carbons (Fsp3) is 0.364. The van der Waals surface area contributed by atoms with Gasteiger partial charge >= 0.3 is 0 Å². The standard InChI is InChI=1S/C22H19N3O5/c1-24-10-18(26)25-15(20(24)27)9-21-13-4-2-3-5-14(13)23-22(21,30-21)19(25)12-6-7-16-17(8-12)29-11-28-16/h2-8,15,19,23H,9-11H2,1H3/t15-,19-,21-,22-/m1/s1. The minimum atomic E-state index is -0.799. The van der Waals surface area contributed by atoms with Gasteiger partial charge < -0.3 is 29.3 Å². The number of carbonyl (C=O) groups excluding carboxylic acids is 2. The van der Waals surface area contributed by atoms with Crippen LogP contribution in [0.25, 0.3) is 0 Å². The average molecular weight is 405 g/mol. The first-order valence-electron chi connectivity index (χ1n) is 10.1. The summed E-state index contributed by atoms with van der Waals surface area (Å²) in [5, 5.41) is 3.56. The molecule has 7 rings (SSSR count). The van der Waals surface area contributed by atoms with Crippen molar-refractivity contribution in [2.24, 2.45) is 0 Å². The van der Waals surface area contributed by atoms with E-state index in [1.165, 1.54) is 4.90 Å². The lowest BCUT2D eigenvalue weighted by molar-refractivity contribution is -0.161. The van der Waals surface area contributed by atoms with E-state index in [2.05, 4.69) is 5.32 Å². The van der Waals surface area contributed by atoms with Crippen LogP contribution in [0, 0.1) is 0 Å². The van der Waals surface area contributed by atoms with Gasteiger partial charge in [-0.3, -0.25) is 9.59 Å². The molecule has 0 aromatic heterocycles. The van der Waals surface area contributed by atoms with Gasteiger partial charge in [0, 0.05) is 24.7 Å². The molecule has 0 radical (unpaired) electrons. The van der Waals surface area contributed by atoms with Crippen LogP contribution in [-0.4, -0.2) is 53.8 Å². The SMILES string of the molecule is CN1CC(=O)N2[C@H](C[C@]34O[C@]3(Nc3ccccc34)[C@H]2c2ccc3c(c2)OCO3)C1=O. The zero-order valence-corrected chi connectivity index (χ0v) is 16.3. The van der Waals surface area contributed by atoms with Crippen molar-refractivity contribution in [3.8, 4) is 11.5 Å². The lowest BCUT2D eigenvalue weighted by atomic mass is 9.76. The van der Waals surface area contributed by atoms with Crippen molar-refractivity contribution < 1.29 is 23.8 Å². The summed E-state index contributed by atoms with van der Waals surface area (Å²) in [5.41, 5.74) is 1.45. The number of likely N-dealkylation sites (N-methyl/N-ethyl adjacent to an activating group) is 1. The minimum absolute atomic E-state index is 0.0526. The van der Waals surface area contributed by atoms with Crippen LogP contribution in [0.5, 0.6) is 11.5 Å². The second-order valence-corrected chi connectivity index (χ2v) is 8.57. The van der Waals surface area contributed by atoms with Gasteiger partial charge in [-0.25, -0.2) is 0 Å². The number of para-hydroxylation sites is 1. The second kappa shape index (κ2) is 5.07. The largest absolute Gasteiger partial charge is 0.454 e. The van der Waals surface area contributed by atoms with Gasteiger partial charge in [0.1, 0.15) is 12.1 Å². The van der Waals surface area contributed by atoms with Crippen molar-refractivity contribution in [1.29, 1.82) is 0 Å². The Balaban J connectivity index is 1.44. The molecule has 1 N–H and O–H groups in total. The second-order valence-electron chi connectivity index (χ2n) is 8.57. The molecule has 0 aliphatic carbocycles. The number of piperazine rings is 1. The van der Waals surface area contributed by atoms with Crippen molar-refractivity contribution in [3.63, 3.8) is 0 Å². The number of nitrogens with zero attached hydrogens (tertiary/aromatic N) is 2. The van der Waals surface area contributed by atoms with Crippen molar-refractivity contribution in [2.45, 2.75) is 29.8 Å². The molecule has 8 nitrogen and oxygen atoms in total. The number of carbonyl (C=O) groups is 2. The maximum absolute atomic E-state index is 13.2. The number of ether oxygens (including phenoxy) is 3. The normalized spacial score (nSPS) is 34.7. The molecule has 5 aliphatic rings. The number of rotatable bonds is 1. The zero-order chi connectivity index (χ0) is 20.3. The first kappa shape index (κ1) is 16.5. The molecule has 2 aromatic rings. The Morgan fingerprint density at radius 1 is 1.10 bits per heavy atom. The fourth-order valence-corrected chi connectivity index (χ4v) is 5.79. The summed E-state index contributed by atoms with van der Waals surface area (Å²) in [7, 11) is 1.68. The third-order valence-corrected chi connectivity index (χ3v) is 7.09. The molecule has 5 aliphatic heterocycles. The number of hydrogen-bond acceptors (Lipinski definition) is 6. The Hall–Kier alpha value is -3.26. The summed E-state index contributed by atoms with van der Waals surface area (Å²) in [6.07, 6.45) is 0.437. The molecule has 30 heavy (non-hydrogen) atoms. The molecule has 4 atom stereocenters. The molecule has 5 heterocycles. The van der Waals surface area contributed by atoms with E-state index in [1.807, 2.05) is 42.5 Å². The fourth-order valence-electron chi connectivity index (χ4n) is 5.79. The predicted octanol–water partition coefficient (Wildman–Crippen LogP) is 1.58. The summed E-state index contributed by atoms with van der Waals surface area (Å²) in [5.74, 6) is 1.18. The van der Waals surface area contributed by atoms with E-state index in [9.17, 15) is 9.59 Å². The van der Waals surface area contributed by atoms with Gasteiger partial charge in [0.25, 0.3) is 0 Å². The maximum atomic E-state index is 13.2. The topological polar surface area (TPSA) is 83.6 Å². The van der Waals surface area contributed by atoms with Crippen LogP contribution in [-0.2, 0) is 19.9 Å². The highest BCUT2D eigenvalue weighted by Gasteiger charge is 2.83. The number of nitrogens with one attached hydrogen (secondary N) is 1. The molecule has 0 saturated carbocycles. The predicted molar refractivity (Wildman–Crippen MR) is 104 cm³/mol. The molecular formula is C22H19N3O5. The highest BCUT2D eigenvalue weighted by Crippen LogP contribution is 2.73. The summed E-state index contributed by atoms with van der Waals surface area (Å²) >= 11 is 0. The third-order valence-electron chi connectivity index (χ3n) is 7.09. The van der Waals surface area contributed by atoms with Crippen molar-refractivity contribution in [1.82, 2.24) is 9.80 Å². The van der Waals surface area contributed by atoms with Crippen LogP contribution < -0.4 is 14.8 Å². The Kier molecular flexibility index (Phi) is 2.79. The smallest absolute Gasteiger partial charge is 0.245 e. The van der Waals surface area contributed by atoms with Gasteiger partial charge in [-0.15, -0.1) is 0 Å². The van der Waals surface area contributed by atoms with Crippen molar-refractivity contribution in [2.75, 3.05) is 25.7 Å². The third kappa shape index (κ3) is 1.73. The summed E-state index contributed by atoms with van der Waals surface area (Å²) in [6, 6.07) is 12.7. The van der Waals surface area contributed by atoms with Gasteiger partial charge in [0.15, 0.2) is 22.8 Å². The van der Waals surface area contributed by atoms with Crippen molar-refractivity contribution >= 4 is 17.5 Å². The lowest BCUT2D eigenvalue weighted by Gasteiger charge is -2.48. The Morgan fingerprint density at radius 2 is 1.93 bits per heavy atom. The number of amides is 2. The van der Waals surface area contributed by atoms with E-state index >= 15 is 0 Å². The highest BCUT2D eigenvalue weighted by molar-refractivity contribution is 5.96. The molecule has 8 heteroatoms. The van der Waals surface area contributed by atoms with E-state index < -0.39 is 23.4 Å². The Bertz CT molecular complexity index is 1150. The van der Waals surface area contributed by atoms with Gasteiger partial charge in [-0.2, -0.15) is 0 Å². The highest BCUT2D eigenvalue weighted by atomic mass is 16.7. The van der Waals surface area contributed by atoms with Crippen LogP contribution in [0.1, 0.15) is 23.6 Å². The Morgan fingerprint density at radius 3 is 2.83 bits per heavy atom. The zero-order valence-electron chi connectivity index (χ0n) is 16.3. The van der Waals surface area contributed by atoms with Gasteiger partial charge in [0.05, 0.1) is 6.54 Å². The summed E-state index contributed by atoms with van der Waals surface area (Å²) < 4.78 is 17.5. The molecular weight excluding hydrogens is 386 g/mol. The van der Waals surface area contributed by atoms with Crippen LogP contribution in [0.3, 0.4) is 0 Å². The monoisotopic (exact) mass is 405 g/mol. The molecule has 2 aromatic carbocycles.